The van der Waals surface area contributed by atoms with E-state index in [1.165, 1.54) is 6.07 Å². The third kappa shape index (κ3) is 4.15. The molecule has 0 aliphatic rings. The molecule has 2 heterocycles. The van der Waals surface area contributed by atoms with Crippen molar-refractivity contribution in [3.63, 3.8) is 0 Å². The van der Waals surface area contributed by atoms with Gasteiger partial charge in [0.05, 0.1) is 5.69 Å². The molecule has 0 atom stereocenters. The summed E-state index contributed by atoms with van der Waals surface area (Å²) in [5.41, 5.74) is 1.61. The summed E-state index contributed by atoms with van der Waals surface area (Å²) in [6.45, 7) is 3.96. The fourth-order valence-electron chi connectivity index (χ4n) is 1.65. The van der Waals surface area contributed by atoms with Gasteiger partial charge in [-0.25, -0.2) is 9.97 Å². The largest absolute Gasteiger partial charge is 0.319 e. The van der Waals surface area contributed by atoms with E-state index >= 15 is 0 Å². The van der Waals surface area contributed by atoms with Gasteiger partial charge in [0.2, 0.25) is 0 Å². The SMILES string of the molecule is CC(C)c1cc(C(=O)Nc2cc(Br)cnc2Cl)cc(Cl)n1. The summed E-state index contributed by atoms with van der Waals surface area (Å²) in [5.74, 6) is -0.144. The molecule has 21 heavy (non-hydrogen) atoms. The number of hydrogen-bond acceptors (Lipinski definition) is 3. The first-order chi connectivity index (χ1) is 9.86. The lowest BCUT2D eigenvalue weighted by atomic mass is 10.1. The van der Waals surface area contributed by atoms with Crippen LogP contribution in [-0.2, 0) is 0 Å². The van der Waals surface area contributed by atoms with Gasteiger partial charge in [-0.15, -0.1) is 0 Å². The van der Waals surface area contributed by atoms with Crippen molar-refractivity contribution in [2.75, 3.05) is 5.32 Å². The summed E-state index contributed by atoms with van der Waals surface area (Å²) in [6.07, 6.45) is 1.55. The molecule has 2 aromatic rings. The molecular weight excluding hydrogens is 377 g/mol. The number of amides is 1. The van der Waals surface area contributed by atoms with Gasteiger partial charge in [0.25, 0.3) is 5.91 Å². The smallest absolute Gasteiger partial charge is 0.255 e. The summed E-state index contributed by atoms with van der Waals surface area (Å²) < 4.78 is 0.720. The van der Waals surface area contributed by atoms with Gasteiger partial charge in [-0.05, 0) is 40.0 Å². The molecule has 1 amide bonds. The van der Waals surface area contributed by atoms with Gasteiger partial charge in [-0.2, -0.15) is 0 Å². The Balaban J connectivity index is 2.30. The third-order valence-corrected chi connectivity index (χ3v) is 3.65. The van der Waals surface area contributed by atoms with E-state index in [1.807, 2.05) is 13.8 Å². The molecule has 4 nitrogen and oxygen atoms in total. The topological polar surface area (TPSA) is 54.9 Å². The maximum absolute atomic E-state index is 12.3. The summed E-state index contributed by atoms with van der Waals surface area (Å²) in [7, 11) is 0. The van der Waals surface area contributed by atoms with Crippen molar-refractivity contribution < 1.29 is 4.79 Å². The number of aromatic nitrogens is 2. The zero-order chi connectivity index (χ0) is 15.6. The van der Waals surface area contributed by atoms with Gasteiger partial charge in [0, 0.05) is 21.9 Å². The standard InChI is InChI=1S/C14H12BrCl2N3O/c1-7(2)10-3-8(4-12(16)19-10)14(21)20-11-5-9(15)6-18-13(11)17/h3-7H,1-2H3,(H,20,21). The molecule has 110 valence electrons. The molecule has 1 N–H and O–H groups in total. The van der Waals surface area contributed by atoms with Crippen molar-refractivity contribution in [1.82, 2.24) is 9.97 Å². The Morgan fingerprint density at radius 1 is 1.29 bits per heavy atom. The number of pyridine rings is 2. The summed E-state index contributed by atoms with van der Waals surface area (Å²) in [5, 5.41) is 3.21. The Morgan fingerprint density at radius 2 is 2.00 bits per heavy atom. The predicted molar refractivity (Wildman–Crippen MR) is 88.2 cm³/mol. The number of carbonyl (C=O) groups is 1. The lowest BCUT2D eigenvalue weighted by Gasteiger charge is -2.10. The van der Waals surface area contributed by atoms with Crippen LogP contribution in [0.1, 0.15) is 35.8 Å². The Labute approximate surface area is 141 Å². The van der Waals surface area contributed by atoms with Gasteiger partial charge < -0.3 is 5.32 Å². The second-order valence-corrected chi connectivity index (χ2v) is 6.37. The quantitative estimate of drug-likeness (QED) is 0.759. The highest BCUT2D eigenvalue weighted by atomic mass is 79.9. The minimum absolute atomic E-state index is 0.173. The number of nitrogens with one attached hydrogen (secondary N) is 1. The second-order valence-electron chi connectivity index (χ2n) is 4.70. The molecule has 0 aliphatic carbocycles. The molecule has 2 aromatic heterocycles. The zero-order valence-electron chi connectivity index (χ0n) is 11.3. The van der Waals surface area contributed by atoms with Crippen LogP contribution in [0.4, 0.5) is 5.69 Å². The zero-order valence-corrected chi connectivity index (χ0v) is 14.4. The maximum atomic E-state index is 12.3. The highest BCUT2D eigenvalue weighted by molar-refractivity contribution is 9.10. The number of hydrogen-bond donors (Lipinski definition) is 1. The Bertz CT molecular complexity index is 692. The van der Waals surface area contributed by atoms with Gasteiger partial charge in [-0.3, -0.25) is 4.79 Å². The lowest BCUT2D eigenvalue weighted by Crippen LogP contribution is -2.13. The van der Waals surface area contributed by atoms with Crippen LogP contribution in [0, 0.1) is 0 Å². The molecule has 0 bridgehead atoms. The molecular formula is C14H12BrCl2N3O. The van der Waals surface area contributed by atoms with Crippen LogP contribution in [0.3, 0.4) is 0 Å². The lowest BCUT2D eigenvalue weighted by molar-refractivity contribution is 0.102. The summed E-state index contributed by atoms with van der Waals surface area (Å²) in [4.78, 5) is 20.5. The van der Waals surface area contributed by atoms with E-state index in [4.69, 9.17) is 23.2 Å². The average Bonchev–Trinajstić information content (AvgIpc) is 2.42. The molecule has 0 unspecified atom stereocenters. The first kappa shape index (κ1) is 16.2. The average molecular weight is 389 g/mol. The van der Waals surface area contributed by atoms with Crippen LogP contribution >= 0.6 is 39.1 Å². The first-order valence-corrected chi connectivity index (χ1v) is 7.71. The van der Waals surface area contributed by atoms with E-state index in [-0.39, 0.29) is 22.1 Å². The van der Waals surface area contributed by atoms with Crippen LogP contribution in [0.25, 0.3) is 0 Å². The molecule has 0 radical (unpaired) electrons. The summed E-state index contributed by atoms with van der Waals surface area (Å²) in [6, 6.07) is 4.91. The molecule has 2 rings (SSSR count). The third-order valence-electron chi connectivity index (χ3n) is 2.72. The van der Waals surface area contributed by atoms with Crippen LogP contribution in [0.2, 0.25) is 10.3 Å². The number of anilines is 1. The molecule has 0 saturated heterocycles. The van der Waals surface area contributed by atoms with Gasteiger partial charge in [0.15, 0.2) is 5.15 Å². The highest BCUT2D eigenvalue weighted by Gasteiger charge is 2.13. The molecule has 0 aromatic carbocycles. The number of halogens is 3. The van der Waals surface area contributed by atoms with E-state index < -0.39 is 0 Å². The van der Waals surface area contributed by atoms with E-state index in [2.05, 4.69) is 31.2 Å². The molecule has 0 fully saturated rings. The van der Waals surface area contributed by atoms with Crippen molar-refractivity contribution in [3.8, 4) is 0 Å². The Morgan fingerprint density at radius 3 is 2.67 bits per heavy atom. The normalized spacial score (nSPS) is 10.8. The van der Waals surface area contributed by atoms with Crippen molar-refractivity contribution in [3.05, 3.63) is 50.4 Å². The molecule has 0 aliphatic heterocycles. The predicted octanol–water partition coefficient (Wildman–Crippen LogP) is 4.92. The molecule has 0 spiro atoms. The van der Waals surface area contributed by atoms with E-state index in [9.17, 15) is 4.79 Å². The molecule has 0 saturated carbocycles. The first-order valence-electron chi connectivity index (χ1n) is 6.16. The van der Waals surface area contributed by atoms with Gasteiger partial charge in [-0.1, -0.05) is 37.0 Å². The van der Waals surface area contributed by atoms with Crippen LogP contribution in [0.5, 0.6) is 0 Å². The minimum atomic E-state index is -0.317. The van der Waals surface area contributed by atoms with Crippen LogP contribution < -0.4 is 5.32 Å². The van der Waals surface area contributed by atoms with Gasteiger partial charge >= 0.3 is 0 Å². The van der Waals surface area contributed by atoms with Crippen LogP contribution in [0.15, 0.2) is 28.9 Å². The number of nitrogens with zero attached hydrogens (tertiary/aromatic N) is 2. The number of carbonyl (C=O) groups excluding carboxylic acids is 1. The number of rotatable bonds is 3. The maximum Gasteiger partial charge on any atom is 0.255 e. The van der Waals surface area contributed by atoms with Gasteiger partial charge in [0.1, 0.15) is 5.15 Å². The Hall–Kier alpha value is -1.17. The Kier molecular flexibility index (Phi) is 5.19. The highest BCUT2D eigenvalue weighted by Crippen LogP contribution is 2.24. The van der Waals surface area contributed by atoms with Crippen LogP contribution in [-0.4, -0.2) is 15.9 Å². The van der Waals surface area contributed by atoms with E-state index in [0.717, 1.165) is 10.2 Å². The fraction of sp³-hybridized carbons (Fsp3) is 0.214. The second kappa shape index (κ2) is 6.73. The molecule has 7 heteroatoms. The van der Waals surface area contributed by atoms with Crippen molar-refractivity contribution in [2.24, 2.45) is 0 Å². The summed E-state index contributed by atoms with van der Waals surface area (Å²) >= 11 is 15.2. The van der Waals surface area contributed by atoms with E-state index in [1.54, 1.807) is 18.3 Å². The van der Waals surface area contributed by atoms with Crippen molar-refractivity contribution >= 4 is 50.7 Å². The van der Waals surface area contributed by atoms with Crippen molar-refractivity contribution in [2.45, 2.75) is 19.8 Å². The van der Waals surface area contributed by atoms with Crippen molar-refractivity contribution in [1.29, 1.82) is 0 Å². The van der Waals surface area contributed by atoms with E-state index in [0.29, 0.717) is 11.3 Å². The fourth-order valence-corrected chi connectivity index (χ4v) is 2.35. The minimum Gasteiger partial charge on any atom is -0.319 e. The monoisotopic (exact) mass is 387 g/mol.